The first kappa shape index (κ1) is 10.7. The third-order valence-electron chi connectivity index (χ3n) is 1.91. The summed E-state index contributed by atoms with van der Waals surface area (Å²) in [5.74, 6) is -0.800. The molecule has 0 fully saturated rings. The van der Waals surface area contributed by atoms with E-state index in [1.54, 1.807) is 25.1 Å². The first-order chi connectivity index (χ1) is 6.54. The Morgan fingerprint density at radius 2 is 2.14 bits per heavy atom. The Bertz CT molecular complexity index is 386. The van der Waals surface area contributed by atoms with Crippen LogP contribution in [-0.2, 0) is 0 Å². The normalized spacial score (nSPS) is 11.9. The van der Waals surface area contributed by atoms with Gasteiger partial charge in [-0.2, -0.15) is 5.26 Å². The summed E-state index contributed by atoms with van der Waals surface area (Å²) in [6, 6.07) is 7.01. The average molecular weight is 208 g/mol. The summed E-state index contributed by atoms with van der Waals surface area (Å²) in [6.45, 7) is 3.44. The van der Waals surface area contributed by atoms with Crippen LogP contribution in [0.25, 0.3) is 0 Å². The lowest BCUT2D eigenvalue weighted by molar-refractivity contribution is 0.0956. The molecule has 0 amide bonds. The number of halogens is 1. The maximum atomic E-state index is 11.6. The van der Waals surface area contributed by atoms with Gasteiger partial charge < -0.3 is 0 Å². The van der Waals surface area contributed by atoms with Crippen LogP contribution in [0.1, 0.15) is 22.8 Å². The van der Waals surface area contributed by atoms with Crippen LogP contribution in [0.3, 0.4) is 0 Å². The number of hydrogen-bond donors (Lipinski definition) is 0. The van der Waals surface area contributed by atoms with E-state index in [0.29, 0.717) is 10.6 Å². The van der Waals surface area contributed by atoms with Gasteiger partial charge in [0.1, 0.15) is 5.92 Å². The van der Waals surface area contributed by atoms with Crippen molar-refractivity contribution in [1.82, 2.24) is 0 Å². The van der Waals surface area contributed by atoms with Crippen LogP contribution in [-0.4, -0.2) is 5.78 Å². The van der Waals surface area contributed by atoms with Crippen LogP contribution in [0.2, 0.25) is 5.02 Å². The van der Waals surface area contributed by atoms with Crippen LogP contribution in [0.15, 0.2) is 18.2 Å². The second-order valence-corrected chi connectivity index (χ2v) is 3.67. The molecule has 0 aliphatic heterocycles. The van der Waals surface area contributed by atoms with Gasteiger partial charge in [-0.15, -0.1) is 0 Å². The number of nitriles is 1. The van der Waals surface area contributed by atoms with E-state index < -0.39 is 5.92 Å². The molecule has 0 bridgehead atoms. The molecule has 0 aliphatic carbocycles. The number of Topliss-reactive ketones (excluding diaryl/α,β-unsaturated/α-hetero) is 1. The number of carbonyl (C=O) groups is 1. The van der Waals surface area contributed by atoms with Crippen LogP contribution in [0, 0.1) is 24.2 Å². The molecule has 0 radical (unpaired) electrons. The zero-order valence-corrected chi connectivity index (χ0v) is 8.80. The average Bonchev–Trinajstić information content (AvgIpc) is 2.14. The summed E-state index contributed by atoms with van der Waals surface area (Å²) in [5, 5.41) is 9.13. The SMILES string of the molecule is Cc1cc(Cl)cc(C(=O)C(C)C#N)c1. The van der Waals surface area contributed by atoms with Gasteiger partial charge in [0.25, 0.3) is 0 Å². The van der Waals surface area contributed by atoms with Crippen molar-refractivity contribution in [1.29, 1.82) is 5.26 Å². The topological polar surface area (TPSA) is 40.9 Å². The Hall–Kier alpha value is -1.33. The van der Waals surface area contributed by atoms with Crippen molar-refractivity contribution >= 4 is 17.4 Å². The Morgan fingerprint density at radius 1 is 1.50 bits per heavy atom. The van der Waals surface area contributed by atoms with E-state index in [4.69, 9.17) is 16.9 Å². The number of nitrogens with zero attached hydrogens (tertiary/aromatic N) is 1. The number of benzene rings is 1. The lowest BCUT2D eigenvalue weighted by Crippen LogP contribution is -2.09. The highest BCUT2D eigenvalue weighted by molar-refractivity contribution is 6.31. The van der Waals surface area contributed by atoms with Crippen molar-refractivity contribution in [2.75, 3.05) is 0 Å². The molecule has 1 unspecified atom stereocenters. The first-order valence-electron chi connectivity index (χ1n) is 4.25. The Kier molecular flexibility index (Phi) is 3.27. The van der Waals surface area contributed by atoms with E-state index in [0.717, 1.165) is 5.56 Å². The minimum absolute atomic E-state index is 0.182. The molecule has 72 valence electrons. The molecule has 0 aliphatic rings. The first-order valence-corrected chi connectivity index (χ1v) is 4.63. The molecule has 0 saturated carbocycles. The van der Waals surface area contributed by atoms with Gasteiger partial charge in [-0.1, -0.05) is 11.6 Å². The minimum Gasteiger partial charge on any atom is -0.293 e. The summed E-state index contributed by atoms with van der Waals surface area (Å²) in [7, 11) is 0. The zero-order chi connectivity index (χ0) is 10.7. The molecule has 3 heteroatoms. The van der Waals surface area contributed by atoms with E-state index in [1.807, 2.05) is 13.0 Å². The summed E-state index contributed by atoms with van der Waals surface area (Å²) >= 11 is 5.81. The molecule has 0 aromatic heterocycles. The second-order valence-electron chi connectivity index (χ2n) is 3.23. The predicted molar refractivity (Wildman–Crippen MR) is 55.3 cm³/mol. The van der Waals surface area contributed by atoms with Crippen molar-refractivity contribution in [3.8, 4) is 6.07 Å². The van der Waals surface area contributed by atoms with E-state index >= 15 is 0 Å². The zero-order valence-electron chi connectivity index (χ0n) is 8.04. The number of rotatable bonds is 2. The van der Waals surface area contributed by atoms with E-state index in [2.05, 4.69) is 0 Å². The molecule has 0 saturated heterocycles. The Labute approximate surface area is 88.1 Å². The van der Waals surface area contributed by atoms with Gasteiger partial charge in [0, 0.05) is 10.6 Å². The highest BCUT2D eigenvalue weighted by Gasteiger charge is 2.14. The summed E-state index contributed by atoms with van der Waals surface area (Å²) in [4.78, 5) is 11.6. The summed E-state index contributed by atoms with van der Waals surface area (Å²) in [5.41, 5.74) is 1.43. The summed E-state index contributed by atoms with van der Waals surface area (Å²) in [6.07, 6.45) is 0. The smallest absolute Gasteiger partial charge is 0.179 e. The molecule has 1 aromatic rings. The fourth-order valence-electron chi connectivity index (χ4n) is 1.19. The minimum atomic E-state index is -0.618. The number of aryl methyl sites for hydroxylation is 1. The standard InChI is InChI=1S/C11H10ClNO/c1-7-3-9(5-10(12)4-7)11(14)8(2)6-13/h3-5,8H,1-2H3. The predicted octanol–water partition coefficient (Wildman–Crippen LogP) is 2.99. The third kappa shape index (κ3) is 2.34. The summed E-state index contributed by atoms with van der Waals surface area (Å²) < 4.78 is 0. The van der Waals surface area contributed by atoms with Gasteiger partial charge in [-0.25, -0.2) is 0 Å². The van der Waals surface area contributed by atoms with Gasteiger partial charge in [-0.3, -0.25) is 4.79 Å². The van der Waals surface area contributed by atoms with E-state index in [-0.39, 0.29) is 5.78 Å². The number of ketones is 1. The molecular weight excluding hydrogens is 198 g/mol. The van der Waals surface area contributed by atoms with Crippen molar-refractivity contribution in [3.05, 3.63) is 34.3 Å². The molecule has 1 atom stereocenters. The van der Waals surface area contributed by atoms with Crippen molar-refractivity contribution in [2.45, 2.75) is 13.8 Å². The van der Waals surface area contributed by atoms with Crippen LogP contribution >= 0.6 is 11.6 Å². The van der Waals surface area contributed by atoms with Crippen LogP contribution in [0.4, 0.5) is 0 Å². The Morgan fingerprint density at radius 3 is 2.64 bits per heavy atom. The highest BCUT2D eigenvalue weighted by atomic mass is 35.5. The van der Waals surface area contributed by atoms with Crippen molar-refractivity contribution in [2.24, 2.45) is 5.92 Å². The van der Waals surface area contributed by atoms with Gasteiger partial charge >= 0.3 is 0 Å². The van der Waals surface area contributed by atoms with Crippen LogP contribution in [0.5, 0.6) is 0 Å². The fraction of sp³-hybridized carbons (Fsp3) is 0.273. The van der Waals surface area contributed by atoms with Crippen molar-refractivity contribution in [3.63, 3.8) is 0 Å². The van der Waals surface area contributed by atoms with Crippen LogP contribution < -0.4 is 0 Å². The molecule has 1 aromatic carbocycles. The molecule has 0 spiro atoms. The van der Waals surface area contributed by atoms with Gasteiger partial charge in [-0.05, 0) is 37.6 Å². The molecule has 1 rings (SSSR count). The molecular formula is C11H10ClNO. The number of carbonyl (C=O) groups excluding carboxylic acids is 1. The lowest BCUT2D eigenvalue weighted by Gasteiger charge is -2.04. The van der Waals surface area contributed by atoms with Gasteiger partial charge in [0.05, 0.1) is 6.07 Å². The number of hydrogen-bond acceptors (Lipinski definition) is 2. The van der Waals surface area contributed by atoms with Gasteiger partial charge in [0.2, 0.25) is 0 Å². The van der Waals surface area contributed by atoms with Gasteiger partial charge in [0.15, 0.2) is 5.78 Å². The Balaban J connectivity index is 3.09. The second kappa shape index (κ2) is 4.26. The molecule has 14 heavy (non-hydrogen) atoms. The molecule has 0 N–H and O–H groups in total. The largest absolute Gasteiger partial charge is 0.293 e. The van der Waals surface area contributed by atoms with E-state index in [1.165, 1.54) is 0 Å². The maximum Gasteiger partial charge on any atom is 0.179 e. The third-order valence-corrected chi connectivity index (χ3v) is 2.13. The lowest BCUT2D eigenvalue weighted by atomic mass is 9.99. The molecule has 0 heterocycles. The highest BCUT2D eigenvalue weighted by Crippen LogP contribution is 2.17. The van der Waals surface area contributed by atoms with Crippen molar-refractivity contribution < 1.29 is 4.79 Å². The fourth-order valence-corrected chi connectivity index (χ4v) is 1.48. The molecule has 2 nitrogen and oxygen atoms in total. The monoisotopic (exact) mass is 207 g/mol. The van der Waals surface area contributed by atoms with E-state index in [9.17, 15) is 4.79 Å². The quantitative estimate of drug-likeness (QED) is 0.700. The maximum absolute atomic E-state index is 11.6.